The van der Waals surface area contributed by atoms with Crippen LogP contribution in [0.1, 0.15) is 6.92 Å². The Morgan fingerprint density at radius 1 is 1.64 bits per heavy atom. The maximum Gasteiger partial charge on any atom is 0.166 e. The van der Waals surface area contributed by atoms with E-state index >= 15 is 0 Å². The predicted molar refractivity (Wildman–Crippen MR) is 59.1 cm³/mol. The van der Waals surface area contributed by atoms with Gasteiger partial charge < -0.3 is 11.1 Å². The summed E-state index contributed by atoms with van der Waals surface area (Å²) in [6, 6.07) is 2.92. The van der Waals surface area contributed by atoms with Gasteiger partial charge in [0.1, 0.15) is 0 Å². The molecule has 0 aromatic heterocycles. The van der Waals surface area contributed by atoms with E-state index in [9.17, 15) is 4.39 Å². The van der Waals surface area contributed by atoms with Crippen LogP contribution < -0.4 is 11.1 Å². The van der Waals surface area contributed by atoms with Gasteiger partial charge in [-0.15, -0.1) is 6.58 Å². The zero-order valence-electron chi connectivity index (χ0n) is 7.85. The average molecular weight is 215 g/mol. The molecule has 0 fully saturated rings. The molecule has 0 saturated carbocycles. The van der Waals surface area contributed by atoms with E-state index in [1.54, 1.807) is 12.1 Å². The van der Waals surface area contributed by atoms with Crippen LogP contribution in [0.5, 0.6) is 0 Å². The zero-order valence-corrected chi connectivity index (χ0v) is 8.61. The third-order valence-electron chi connectivity index (χ3n) is 1.85. The lowest BCUT2D eigenvalue weighted by molar-refractivity contribution is 0.630. The second-order valence-corrected chi connectivity index (χ2v) is 3.40. The van der Waals surface area contributed by atoms with E-state index in [-0.39, 0.29) is 16.8 Å². The van der Waals surface area contributed by atoms with Gasteiger partial charge in [-0.25, -0.2) is 4.39 Å². The van der Waals surface area contributed by atoms with Gasteiger partial charge in [0, 0.05) is 6.04 Å². The van der Waals surface area contributed by atoms with E-state index in [1.807, 2.05) is 6.92 Å². The highest BCUT2D eigenvalue weighted by Crippen LogP contribution is 2.28. The van der Waals surface area contributed by atoms with Crippen molar-refractivity contribution in [2.24, 2.45) is 0 Å². The van der Waals surface area contributed by atoms with E-state index < -0.39 is 5.82 Å². The number of nitrogens with one attached hydrogen (secondary N) is 1. The van der Waals surface area contributed by atoms with Gasteiger partial charge in [-0.2, -0.15) is 0 Å². The summed E-state index contributed by atoms with van der Waals surface area (Å²) in [6.07, 6.45) is 1.65. The van der Waals surface area contributed by atoms with E-state index in [4.69, 9.17) is 17.3 Å². The normalized spacial score (nSPS) is 12.2. The molecule has 0 radical (unpaired) electrons. The van der Waals surface area contributed by atoms with E-state index in [2.05, 4.69) is 11.9 Å². The first-order chi connectivity index (χ1) is 6.56. The lowest BCUT2D eigenvalue weighted by atomic mass is 10.2. The number of rotatable bonds is 3. The van der Waals surface area contributed by atoms with Crippen molar-refractivity contribution in [3.05, 3.63) is 35.6 Å². The van der Waals surface area contributed by atoms with Crippen LogP contribution in [0.3, 0.4) is 0 Å². The molecule has 1 unspecified atom stereocenters. The Balaban J connectivity index is 3.06. The second-order valence-electron chi connectivity index (χ2n) is 2.99. The van der Waals surface area contributed by atoms with Gasteiger partial charge in [0.2, 0.25) is 0 Å². The fraction of sp³-hybridized carbons (Fsp3) is 0.200. The van der Waals surface area contributed by atoms with Gasteiger partial charge in [-0.05, 0) is 19.1 Å². The van der Waals surface area contributed by atoms with Gasteiger partial charge in [-0.1, -0.05) is 17.7 Å². The number of hydrogen-bond donors (Lipinski definition) is 2. The number of benzene rings is 1. The molecule has 1 aromatic rings. The predicted octanol–water partition coefficient (Wildman–Crippen LogP) is 3.05. The molecular formula is C10H12ClFN2. The Bertz CT molecular complexity index is 352. The summed E-state index contributed by atoms with van der Waals surface area (Å²) < 4.78 is 13.5. The molecule has 76 valence electrons. The van der Waals surface area contributed by atoms with Gasteiger partial charge in [0.05, 0.1) is 16.4 Å². The van der Waals surface area contributed by atoms with E-state index in [0.717, 1.165) is 0 Å². The minimum Gasteiger partial charge on any atom is -0.397 e. The second kappa shape index (κ2) is 4.33. The SMILES string of the molecule is C=CC(C)Nc1c(N)ccc(Cl)c1F. The minimum atomic E-state index is -0.527. The van der Waals surface area contributed by atoms with E-state index in [0.29, 0.717) is 5.69 Å². The molecule has 0 saturated heterocycles. The molecule has 0 aliphatic carbocycles. The number of halogens is 2. The van der Waals surface area contributed by atoms with Crippen molar-refractivity contribution in [3.8, 4) is 0 Å². The molecule has 3 N–H and O–H groups in total. The Morgan fingerprint density at radius 2 is 2.29 bits per heavy atom. The van der Waals surface area contributed by atoms with Crippen LogP contribution in [0.2, 0.25) is 5.02 Å². The largest absolute Gasteiger partial charge is 0.397 e. The quantitative estimate of drug-likeness (QED) is 0.600. The first-order valence-corrected chi connectivity index (χ1v) is 4.56. The Labute approximate surface area is 87.6 Å². The molecular weight excluding hydrogens is 203 g/mol. The third kappa shape index (κ3) is 2.17. The maximum absolute atomic E-state index is 13.5. The van der Waals surface area contributed by atoms with Crippen LogP contribution in [0.4, 0.5) is 15.8 Å². The molecule has 0 aliphatic rings. The van der Waals surface area contributed by atoms with Gasteiger partial charge in [0.25, 0.3) is 0 Å². The van der Waals surface area contributed by atoms with Crippen LogP contribution >= 0.6 is 11.6 Å². The molecule has 4 heteroatoms. The molecule has 1 atom stereocenters. The molecule has 1 rings (SSSR count). The summed E-state index contributed by atoms with van der Waals surface area (Å²) >= 11 is 5.62. The third-order valence-corrected chi connectivity index (χ3v) is 2.14. The highest BCUT2D eigenvalue weighted by Gasteiger charge is 2.11. The highest BCUT2D eigenvalue weighted by molar-refractivity contribution is 6.31. The first-order valence-electron chi connectivity index (χ1n) is 4.18. The Morgan fingerprint density at radius 3 is 2.86 bits per heavy atom. The van der Waals surface area contributed by atoms with Crippen molar-refractivity contribution in [2.45, 2.75) is 13.0 Å². The van der Waals surface area contributed by atoms with Crippen LogP contribution in [0.15, 0.2) is 24.8 Å². The maximum atomic E-state index is 13.5. The topological polar surface area (TPSA) is 38.0 Å². The standard InChI is InChI=1S/C10H12ClFN2/c1-3-6(2)14-10-8(13)5-4-7(11)9(10)12/h3-6,14H,1,13H2,2H3. The monoisotopic (exact) mass is 214 g/mol. The summed E-state index contributed by atoms with van der Waals surface area (Å²) in [5.41, 5.74) is 6.16. The van der Waals surface area contributed by atoms with Crippen molar-refractivity contribution in [2.75, 3.05) is 11.1 Å². The minimum absolute atomic E-state index is 0.0537. The number of hydrogen-bond acceptors (Lipinski definition) is 2. The molecule has 0 spiro atoms. The Hall–Kier alpha value is -1.22. The fourth-order valence-corrected chi connectivity index (χ4v) is 1.16. The van der Waals surface area contributed by atoms with Crippen LogP contribution in [-0.2, 0) is 0 Å². The summed E-state index contributed by atoms with van der Waals surface area (Å²) in [6.45, 7) is 5.42. The molecule has 0 aliphatic heterocycles. The summed E-state index contributed by atoms with van der Waals surface area (Å²) in [5.74, 6) is -0.527. The lowest BCUT2D eigenvalue weighted by Crippen LogP contribution is -2.14. The lowest BCUT2D eigenvalue weighted by Gasteiger charge is -2.14. The smallest absolute Gasteiger partial charge is 0.166 e. The zero-order chi connectivity index (χ0) is 10.7. The molecule has 1 aromatic carbocycles. The number of nitrogens with two attached hydrogens (primary N) is 1. The number of nitrogen functional groups attached to an aromatic ring is 1. The molecule has 0 bridgehead atoms. The van der Waals surface area contributed by atoms with Crippen molar-refractivity contribution in [3.63, 3.8) is 0 Å². The van der Waals surface area contributed by atoms with Crippen molar-refractivity contribution < 1.29 is 4.39 Å². The van der Waals surface area contributed by atoms with Gasteiger partial charge >= 0.3 is 0 Å². The van der Waals surface area contributed by atoms with Crippen molar-refractivity contribution in [1.29, 1.82) is 0 Å². The fourth-order valence-electron chi connectivity index (χ4n) is 0.999. The Kier molecular flexibility index (Phi) is 3.36. The summed E-state index contributed by atoms with van der Waals surface area (Å²) in [4.78, 5) is 0. The van der Waals surface area contributed by atoms with Crippen molar-refractivity contribution in [1.82, 2.24) is 0 Å². The van der Waals surface area contributed by atoms with Gasteiger partial charge in [-0.3, -0.25) is 0 Å². The first kappa shape index (κ1) is 10.9. The molecule has 0 amide bonds. The summed E-state index contributed by atoms with van der Waals surface area (Å²) in [5, 5.41) is 2.92. The average Bonchev–Trinajstić information content (AvgIpc) is 2.18. The molecule has 14 heavy (non-hydrogen) atoms. The van der Waals surface area contributed by atoms with Crippen LogP contribution in [0, 0.1) is 5.82 Å². The van der Waals surface area contributed by atoms with Crippen LogP contribution in [0.25, 0.3) is 0 Å². The van der Waals surface area contributed by atoms with Crippen molar-refractivity contribution >= 4 is 23.0 Å². The van der Waals surface area contributed by atoms with Crippen LogP contribution in [-0.4, -0.2) is 6.04 Å². The molecule has 0 heterocycles. The highest BCUT2D eigenvalue weighted by atomic mass is 35.5. The van der Waals surface area contributed by atoms with Gasteiger partial charge in [0.15, 0.2) is 5.82 Å². The summed E-state index contributed by atoms with van der Waals surface area (Å²) in [7, 11) is 0. The van der Waals surface area contributed by atoms with E-state index in [1.165, 1.54) is 6.07 Å². The molecule has 2 nitrogen and oxygen atoms in total. The number of anilines is 2.